The van der Waals surface area contributed by atoms with Crippen LogP contribution < -0.4 is 11.1 Å². The van der Waals surface area contributed by atoms with E-state index in [1.807, 2.05) is 18.2 Å². The molecule has 1 aromatic carbocycles. The third-order valence-electron chi connectivity index (χ3n) is 2.98. The standard InChI is InChI=1S/C13H14N4O.C2HF3O2/c1-8(6-14)9-4-3-5-10-11(9)16-7-17-12(10)13(18)15-2;3-2(4,5)1(6)7/h3-5,7H,1,6,14H2,2H3,(H,15,18);(H,6,7). The van der Waals surface area contributed by atoms with Crippen LogP contribution in [-0.4, -0.2) is 46.7 Å². The fourth-order valence-corrected chi connectivity index (χ4v) is 1.78. The number of amides is 1. The fraction of sp³-hybridized carbons (Fsp3) is 0.200. The minimum atomic E-state index is -5.08. The van der Waals surface area contributed by atoms with Crippen molar-refractivity contribution in [1.29, 1.82) is 0 Å². The van der Waals surface area contributed by atoms with Gasteiger partial charge in [-0.05, 0) is 5.57 Å². The van der Waals surface area contributed by atoms with Gasteiger partial charge in [0.2, 0.25) is 0 Å². The second kappa shape index (κ2) is 8.20. The van der Waals surface area contributed by atoms with Gasteiger partial charge in [0.1, 0.15) is 12.0 Å². The zero-order valence-electron chi connectivity index (χ0n) is 13.1. The van der Waals surface area contributed by atoms with Crippen LogP contribution in [-0.2, 0) is 4.79 Å². The highest BCUT2D eigenvalue weighted by Gasteiger charge is 2.38. The average molecular weight is 356 g/mol. The first-order valence-electron chi connectivity index (χ1n) is 6.77. The van der Waals surface area contributed by atoms with E-state index >= 15 is 0 Å². The molecule has 0 fully saturated rings. The highest BCUT2D eigenvalue weighted by atomic mass is 19.4. The zero-order chi connectivity index (χ0) is 19.2. The van der Waals surface area contributed by atoms with Gasteiger partial charge >= 0.3 is 12.1 Å². The Morgan fingerprint density at radius 1 is 1.32 bits per heavy atom. The lowest BCUT2D eigenvalue weighted by Crippen LogP contribution is -2.21. The Hall–Kier alpha value is -3.01. The molecule has 0 spiro atoms. The van der Waals surface area contributed by atoms with Gasteiger partial charge in [-0.25, -0.2) is 14.8 Å². The summed E-state index contributed by atoms with van der Waals surface area (Å²) in [5.74, 6) is -2.99. The number of nitrogens with one attached hydrogen (secondary N) is 1. The molecule has 10 heteroatoms. The highest BCUT2D eigenvalue weighted by molar-refractivity contribution is 6.06. The molecular weight excluding hydrogens is 341 g/mol. The number of carboxylic acid groups (broad SMARTS) is 1. The van der Waals surface area contributed by atoms with Gasteiger partial charge in [-0.1, -0.05) is 24.8 Å². The third-order valence-corrected chi connectivity index (χ3v) is 2.98. The number of aliphatic carboxylic acids is 1. The Bertz CT molecular complexity index is 751. The first-order chi connectivity index (χ1) is 11.6. The van der Waals surface area contributed by atoms with Gasteiger partial charge in [0.25, 0.3) is 5.91 Å². The van der Waals surface area contributed by atoms with Gasteiger partial charge < -0.3 is 16.2 Å². The summed E-state index contributed by atoms with van der Waals surface area (Å²) >= 11 is 0. The molecule has 2 rings (SSSR count). The van der Waals surface area contributed by atoms with Crippen molar-refractivity contribution in [2.24, 2.45) is 5.73 Å². The van der Waals surface area contributed by atoms with Gasteiger partial charge in [-0.2, -0.15) is 13.2 Å². The van der Waals surface area contributed by atoms with Crippen LogP contribution in [0.5, 0.6) is 0 Å². The molecule has 1 heterocycles. The number of carbonyl (C=O) groups is 2. The number of rotatable bonds is 3. The van der Waals surface area contributed by atoms with Crippen LogP contribution in [0.25, 0.3) is 16.5 Å². The van der Waals surface area contributed by atoms with Crippen molar-refractivity contribution in [3.63, 3.8) is 0 Å². The quantitative estimate of drug-likeness (QED) is 0.769. The Labute approximate surface area is 140 Å². The van der Waals surface area contributed by atoms with Gasteiger partial charge in [0.15, 0.2) is 0 Å². The van der Waals surface area contributed by atoms with Crippen molar-refractivity contribution >= 4 is 28.4 Å². The number of hydrogen-bond acceptors (Lipinski definition) is 5. The molecule has 0 unspecified atom stereocenters. The number of nitrogens with zero attached hydrogens (tertiary/aromatic N) is 2. The molecule has 134 valence electrons. The van der Waals surface area contributed by atoms with E-state index in [9.17, 15) is 18.0 Å². The maximum Gasteiger partial charge on any atom is 0.490 e. The summed E-state index contributed by atoms with van der Waals surface area (Å²) < 4.78 is 31.7. The first-order valence-corrected chi connectivity index (χ1v) is 6.77. The Kier molecular flexibility index (Phi) is 6.57. The molecule has 0 aliphatic rings. The smallest absolute Gasteiger partial charge is 0.475 e. The lowest BCUT2D eigenvalue weighted by atomic mass is 10.0. The topological polar surface area (TPSA) is 118 Å². The van der Waals surface area contributed by atoms with Crippen molar-refractivity contribution in [2.45, 2.75) is 6.18 Å². The average Bonchev–Trinajstić information content (AvgIpc) is 2.59. The van der Waals surface area contributed by atoms with E-state index in [1.165, 1.54) is 6.33 Å². The van der Waals surface area contributed by atoms with Crippen LogP contribution in [0.15, 0.2) is 31.1 Å². The van der Waals surface area contributed by atoms with E-state index in [0.29, 0.717) is 23.1 Å². The van der Waals surface area contributed by atoms with E-state index in [2.05, 4.69) is 21.9 Å². The number of aromatic nitrogens is 2. The lowest BCUT2D eigenvalue weighted by molar-refractivity contribution is -0.192. The maximum atomic E-state index is 11.7. The molecule has 0 aliphatic heterocycles. The summed E-state index contributed by atoms with van der Waals surface area (Å²) in [6.07, 6.45) is -3.71. The summed E-state index contributed by atoms with van der Waals surface area (Å²) in [5, 5.41) is 10.4. The van der Waals surface area contributed by atoms with Gasteiger partial charge in [0.05, 0.1) is 5.52 Å². The molecule has 0 radical (unpaired) electrons. The largest absolute Gasteiger partial charge is 0.490 e. The number of fused-ring (bicyclic) bond motifs is 1. The Balaban J connectivity index is 0.000000381. The molecule has 4 N–H and O–H groups in total. The number of alkyl halides is 3. The van der Waals surface area contributed by atoms with Gasteiger partial charge in [-0.3, -0.25) is 4.79 Å². The number of benzene rings is 1. The summed E-state index contributed by atoms with van der Waals surface area (Å²) in [6.45, 7) is 4.25. The van der Waals surface area contributed by atoms with Crippen LogP contribution in [0.4, 0.5) is 13.2 Å². The van der Waals surface area contributed by atoms with Gasteiger partial charge in [-0.15, -0.1) is 0 Å². The van der Waals surface area contributed by atoms with Crippen molar-refractivity contribution in [3.8, 4) is 0 Å². The molecule has 0 saturated carbocycles. The maximum absolute atomic E-state index is 11.7. The van der Waals surface area contributed by atoms with Crippen LogP contribution in [0.1, 0.15) is 16.1 Å². The predicted molar refractivity (Wildman–Crippen MR) is 84.7 cm³/mol. The lowest BCUT2D eigenvalue weighted by Gasteiger charge is -2.09. The third kappa shape index (κ3) is 4.98. The number of hydrogen-bond donors (Lipinski definition) is 3. The van der Waals surface area contributed by atoms with E-state index in [0.717, 1.165) is 11.1 Å². The second-order valence-corrected chi connectivity index (χ2v) is 4.61. The molecule has 1 aromatic heterocycles. The van der Waals surface area contributed by atoms with Crippen molar-refractivity contribution in [3.05, 3.63) is 42.4 Å². The predicted octanol–water partition coefficient (Wildman–Crippen LogP) is 1.59. The minimum Gasteiger partial charge on any atom is -0.475 e. The summed E-state index contributed by atoms with van der Waals surface area (Å²) in [5.41, 5.74) is 8.28. The van der Waals surface area contributed by atoms with Crippen molar-refractivity contribution in [2.75, 3.05) is 13.6 Å². The molecule has 2 aromatic rings. The fourth-order valence-electron chi connectivity index (χ4n) is 1.78. The number of nitrogens with two attached hydrogens (primary N) is 1. The second-order valence-electron chi connectivity index (χ2n) is 4.61. The molecule has 25 heavy (non-hydrogen) atoms. The molecule has 0 atom stereocenters. The molecule has 1 amide bonds. The first kappa shape index (κ1) is 20.0. The van der Waals surface area contributed by atoms with Crippen molar-refractivity contribution in [1.82, 2.24) is 15.3 Å². The monoisotopic (exact) mass is 356 g/mol. The Morgan fingerprint density at radius 3 is 2.40 bits per heavy atom. The zero-order valence-corrected chi connectivity index (χ0v) is 13.1. The van der Waals surface area contributed by atoms with E-state index in [4.69, 9.17) is 15.6 Å². The van der Waals surface area contributed by atoms with Crippen molar-refractivity contribution < 1.29 is 27.9 Å². The summed E-state index contributed by atoms with van der Waals surface area (Å²) in [7, 11) is 1.57. The molecule has 0 saturated heterocycles. The van der Waals surface area contributed by atoms with Gasteiger partial charge in [0, 0.05) is 24.5 Å². The molecular formula is C15H15F3N4O3. The SMILES string of the molecule is C=C(CN)c1cccc2c(C(=O)NC)ncnc12.O=C(O)C(F)(F)F. The number of halogens is 3. The van der Waals surface area contributed by atoms with E-state index in [-0.39, 0.29) is 5.91 Å². The van der Waals surface area contributed by atoms with Crippen LogP contribution in [0.3, 0.4) is 0 Å². The van der Waals surface area contributed by atoms with E-state index < -0.39 is 12.1 Å². The number of carboxylic acids is 1. The highest BCUT2D eigenvalue weighted by Crippen LogP contribution is 2.23. The minimum absolute atomic E-state index is 0.238. The van der Waals surface area contributed by atoms with Crippen LogP contribution >= 0.6 is 0 Å². The molecule has 7 nitrogen and oxygen atoms in total. The number of para-hydroxylation sites is 1. The molecule has 0 bridgehead atoms. The molecule has 0 aliphatic carbocycles. The van der Waals surface area contributed by atoms with E-state index in [1.54, 1.807) is 7.05 Å². The normalized spacial score (nSPS) is 10.6. The summed E-state index contributed by atoms with van der Waals surface area (Å²) in [4.78, 5) is 28.9. The summed E-state index contributed by atoms with van der Waals surface area (Å²) in [6, 6.07) is 5.54. The van der Waals surface area contributed by atoms with Crippen LogP contribution in [0.2, 0.25) is 0 Å². The number of carbonyl (C=O) groups excluding carboxylic acids is 1. The van der Waals surface area contributed by atoms with Crippen LogP contribution in [0, 0.1) is 0 Å². The Morgan fingerprint density at radius 2 is 1.92 bits per heavy atom.